The standard InChI is InChI=1S/C78H85F7N8O8/c1-87(50-55-14-12-18-59(44-55)72(96)90(4)42-43-91-37-30-65(31-38-91)101-74(98)86-68-21-11-9-19-66(68)56-15-6-5-7-16-56)49-54-22-24-57(25-23-54)71(95)89(3)36-13-35-88(2)70(94)51-99-69-47-58-17-8-10-20-67(58)75(69)32-39-92(40-33-75)41-34-76(61-26-28-64(79)29-27-61)52-93(53-100-76)73(97)60-45-62(77(80,81)82)48-63(46-60)78(83,84)85/h5-12,14-29,44-46,48,65,69H,13,30-43,47,49-53H2,1-4H3,(H,86,98)/t69-,76+/m0/s1. The first kappa shape index (κ1) is 73.2. The Morgan fingerprint density at radius 1 is 0.614 bits per heavy atom. The second-order valence-electron chi connectivity index (χ2n) is 27.2. The van der Waals surface area contributed by atoms with E-state index in [1.54, 1.807) is 28.8 Å². The minimum Gasteiger partial charge on any atom is -0.446 e. The lowest BCUT2D eigenvalue weighted by Gasteiger charge is -2.44. The van der Waals surface area contributed by atoms with Crippen molar-refractivity contribution >= 4 is 35.4 Å². The minimum atomic E-state index is -5.15. The number of halogens is 7. The molecule has 4 aliphatic rings. The topological polar surface area (TPSA) is 148 Å². The van der Waals surface area contributed by atoms with Crippen LogP contribution >= 0.6 is 0 Å². The van der Waals surface area contributed by atoms with Crippen molar-refractivity contribution in [1.29, 1.82) is 0 Å². The van der Waals surface area contributed by atoms with Gasteiger partial charge in [0.15, 0.2) is 0 Å². The largest absolute Gasteiger partial charge is 0.446 e. The molecule has 5 amide bonds. The molecule has 3 heterocycles. The van der Waals surface area contributed by atoms with Crippen molar-refractivity contribution in [2.45, 2.75) is 93.6 Å². The monoisotopic (exact) mass is 1390 g/mol. The summed E-state index contributed by atoms with van der Waals surface area (Å²) in [5.41, 5.74) is 2.86. The van der Waals surface area contributed by atoms with Gasteiger partial charge in [-0.25, -0.2) is 9.18 Å². The van der Waals surface area contributed by atoms with Crippen molar-refractivity contribution in [1.82, 2.24) is 34.3 Å². The molecule has 0 radical (unpaired) electrons. The van der Waals surface area contributed by atoms with Gasteiger partial charge in [-0.2, -0.15) is 26.3 Å². The number of amides is 5. The Morgan fingerprint density at radius 3 is 1.94 bits per heavy atom. The molecule has 534 valence electrons. The van der Waals surface area contributed by atoms with Gasteiger partial charge in [-0.3, -0.25) is 29.4 Å². The normalized spacial score (nSPS) is 18.0. The number of piperidine rings is 2. The smallest absolute Gasteiger partial charge is 0.416 e. The van der Waals surface area contributed by atoms with Crippen LogP contribution in [-0.4, -0.2) is 183 Å². The molecule has 7 aromatic carbocycles. The fraction of sp³-hybridized carbons (Fsp3) is 0.397. The molecule has 11 rings (SSSR count). The third-order valence-corrected chi connectivity index (χ3v) is 20.2. The van der Waals surface area contributed by atoms with E-state index in [2.05, 4.69) is 32.1 Å². The van der Waals surface area contributed by atoms with Gasteiger partial charge in [0.1, 0.15) is 30.9 Å². The molecule has 1 spiro atoms. The molecule has 2 atom stereocenters. The van der Waals surface area contributed by atoms with Crippen molar-refractivity contribution < 1.29 is 68.9 Å². The maximum atomic E-state index is 14.3. The second-order valence-corrected chi connectivity index (χ2v) is 27.2. The number of anilines is 1. The number of benzene rings is 7. The highest BCUT2D eigenvalue weighted by Crippen LogP contribution is 2.49. The predicted molar refractivity (Wildman–Crippen MR) is 369 cm³/mol. The lowest BCUT2D eigenvalue weighted by atomic mass is 9.72. The Bertz CT molecular complexity index is 4000. The summed E-state index contributed by atoms with van der Waals surface area (Å²) in [4.78, 5) is 80.5. The number of likely N-dealkylation sites (tertiary alicyclic amines) is 2. The van der Waals surface area contributed by atoms with Crippen molar-refractivity contribution in [3.8, 4) is 11.1 Å². The Hall–Kier alpha value is -9.00. The highest BCUT2D eigenvalue weighted by Gasteiger charge is 2.50. The maximum absolute atomic E-state index is 14.3. The molecule has 0 saturated carbocycles. The van der Waals surface area contributed by atoms with Gasteiger partial charge in [0.2, 0.25) is 5.91 Å². The van der Waals surface area contributed by atoms with E-state index in [1.807, 2.05) is 129 Å². The Morgan fingerprint density at radius 2 is 1.24 bits per heavy atom. The molecule has 1 N–H and O–H groups in total. The molecule has 16 nitrogen and oxygen atoms in total. The number of ether oxygens (including phenoxy) is 3. The molecule has 0 unspecified atom stereocenters. The van der Waals surface area contributed by atoms with Crippen LogP contribution in [0, 0.1) is 5.82 Å². The highest BCUT2D eigenvalue weighted by atomic mass is 19.4. The lowest BCUT2D eigenvalue weighted by molar-refractivity contribution is -0.143. The van der Waals surface area contributed by atoms with Crippen LogP contribution in [0.3, 0.4) is 0 Å². The quantitative estimate of drug-likeness (QED) is 0.0577. The Kier molecular flexibility index (Phi) is 23.1. The molecule has 0 aromatic heterocycles. The van der Waals surface area contributed by atoms with Crippen LogP contribution in [0.5, 0.6) is 0 Å². The van der Waals surface area contributed by atoms with Gasteiger partial charge >= 0.3 is 18.4 Å². The summed E-state index contributed by atoms with van der Waals surface area (Å²) in [7, 11) is 7.28. The summed E-state index contributed by atoms with van der Waals surface area (Å²) < 4.78 is 116. The van der Waals surface area contributed by atoms with Gasteiger partial charge in [-0.05, 0) is 159 Å². The molecular weight excluding hydrogens is 1310 g/mol. The third kappa shape index (κ3) is 18.0. The van der Waals surface area contributed by atoms with Crippen molar-refractivity contribution in [3.63, 3.8) is 0 Å². The maximum Gasteiger partial charge on any atom is 0.416 e. The van der Waals surface area contributed by atoms with E-state index in [0.717, 1.165) is 51.4 Å². The van der Waals surface area contributed by atoms with Crippen LogP contribution < -0.4 is 5.32 Å². The lowest BCUT2D eigenvalue weighted by Crippen LogP contribution is -2.50. The molecule has 3 aliphatic heterocycles. The number of fused-ring (bicyclic) bond motifs is 2. The number of nitrogens with zero attached hydrogens (tertiary/aromatic N) is 7. The summed E-state index contributed by atoms with van der Waals surface area (Å²) in [6.45, 7) is 5.55. The van der Waals surface area contributed by atoms with Gasteiger partial charge in [-0.15, -0.1) is 0 Å². The number of hydrogen-bond acceptors (Lipinski definition) is 11. The summed E-state index contributed by atoms with van der Waals surface area (Å²) >= 11 is 0. The van der Waals surface area contributed by atoms with E-state index in [4.69, 9.17) is 14.2 Å². The van der Waals surface area contributed by atoms with Crippen LogP contribution in [0.1, 0.15) is 109 Å². The van der Waals surface area contributed by atoms with E-state index in [0.29, 0.717) is 132 Å². The van der Waals surface area contributed by atoms with Gasteiger partial charge in [0.25, 0.3) is 17.7 Å². The molecule has 3 fully saturated rings. The minimum absolute atomic E-state index is 0.0287. The number of likely N-dealkylation sites (N-methyl/N-ethyl adjacent to an activating group) is 2. The first-order valence-corrected chi connectivity index (χ1v) is 34.2. The average molecular weight is 1400 g/mol. The SMILES string of the molecule is CN(Cc1ccc(C(=O)N(C)CCCN(C)C(=O)CO[C@H]2Cc3ccccc3C23CCN(CC[C@]2(c4ccc(F)cc4)CN(C(=O)c4cc(C(F)(F)F)cc(C(F)(F)F)c4)CO2)CC3)cc1)Cc1cccc(C(=O)N(C)CCN2CCC(OC(=O)Nc3ccccc3-c3ccccc3)CC2)c1. The van der Waals surface area contributed by atoms with E-state index >= 15 is 0 Å². The molecule has 7 aromatic rings. The third-order valence-electron chi connectivity index (χ3n) is 20.2. The van der Waals surface area contributed by atoms with E-state index in [-0.39, 0.29) is 55.6 Å². The zero-order chi connectivity index (χ0) is 71.6. The summed E-state index contributed by atoms with van der Waals surface area (Å²) in [5, 5.41) is 2.94. The summed E-state index contributed by atoms with van der Waals surface area (Å²) in [6.07, 6.45) is -7.16. The summed E-state index contributed by atoms with van der Waals surface area (Å²) in [6, 6.07) is 47.1. The number of carbonyl (C=O) groups excluding carboxylic acids is 5. The van der Waals surface area contributed by atoms with Crippen LogP contribution in [0.2, 0.25) is 0 Å². The second kappa shape index (κ2) is 31.9. The average Bonchev–Trinajstić information content (AvgIpc) is 1.60. The number of para-hydroxylation sites is 1. The van der Waals surface area contributed by atoms with E-state index in [1.165, 1.54) is 24.3 Å². The number of nitrogens with one attached hydrogen (secondary N) is 1. The predicted octanol–water partition coefficient (Wildman–Crippen LogP) is 13.3. The van der Waals surface area contributed by atoms with Gasteiger partial charge in [0.05, 0.1) is 29.5 Å². The van der Waals surface area contributed by atoms with Gasteiger partial charge < -0.3 is 43.6 Å². The zero-order valence-electron chi connectivity index (χ0n) is 57.2. The van der Waals surface area contributed by atoms with Crippen LogP contribution in [0.4, 0.5) is 41.2 Å². The van der Waals surface area contributed by atoms with Gasteiger partial charge in [0, 0.05) is 108 Å². The Labute approximate surface area is 584 Å². The summed E-state index contributed by atoms with van der Waals surface area (Å²) in [5.74, 6) is -2.02. The van der Waals surface area contributed by atoms with Crippen molar-refractivity contribution in [3.05, 3.63) is 231 Å². The van der Waals surface area contributed by atoms with E-state index < -0.39 is 64.6 Å². The molecular formula is C78H85F7N8O8. The van der Waals surface area contributed by atoms with Crippen LogP contribution in [0.15, 0.2) is 170 Å². The first-order valence-electron chi connectivity index (χ1n) is 34.2. The van der Waals surface area contributed by atoms with Crippen LogP contribution in [-0.2, 0) is 61.9 Å². The van der Waals surface area contributed by atoms with Crippen molar-refractivity contribution in [2.24, 2.45) is 0 Å². The number of hydrogen-bond donors (Lipinski definition) is 1. The van der Waals surface area contributed by atoms with Crippen molar-refractivity contribution in [2.75, 3.05) is 112 Å². The molecule has 101 heavy (non-hydrogen) atoms. The fourth-order valence-corrected chi connectivity index (χ4v) is 14.4. The first-order chi connectivity index (χ1) is 48.3. The Balaban J connectivity index is 0.595. The van der Waals surface area contributed by atoms with Crippen LogP contribution in [0.25, 0.3) is 11.1 Å². The number of rotatable bonds is 24. The van der Waals surface area contributed by atoms with Gasteiger partial charge in [-0.1, -0.05) is 109 Å². The zero-order valence-corrected chi connectivity index (χ0v) is 57.2. The fourth-order valence-electron chi connectivity index (χ4n) is 14.4. The van der Waals surface area contributed by atoms with E-state index in [9.17, 15) is 54.7 Å². The molecule has 3 saturated heterocycles. The highest BCUT2D eigenvalue weighted by molar-refractivity contribution is 5.96. The number of alkyl halides is 6. The molecule has 0 bridgehead atoms. The molecule has 23 heteroatoms. The molecule has 1 aliphatic carbocycles. The number of carbonyl (C=O) groups is 5.